The van der Waals surface area contributed by atoms with E-state index < -0.39 is 10.0 Å². The van der Waals surface area contributed by atoms with Crippen LogP contribution in [-0.2, 0) is 10.0 Å². The molecular formula is C13H11ClN4O2S. The first-order valence-electron chi connectivity index (χ1n) is 5.97. The maximum absolute atomic E-state index is 12.4. The first kappa shape index (κ1) is 13.7. The maximum Gasteiger partial charge on any atom is 0.263 e. The highest BCUT2D eigenvalue weighted by atomic mass is 35.5. The molecule has 0 radical (unpaired) electrons. The van der Waals surface area contributed by atoms with Crippen LogP contribution in [-0.4, -0.2) is 18.6 Å². The molecule has 0 saturated carbocycles. The quantitative estimate of drug-likeness (QED) is 0.645. The third-order valence-corrected chi connectivity index (χ3v) is 4.82. The molecule has 3 aromatic rings. The van der Waals surface area contributed by atoms with E-state index in [2.05, 4.69) is 14.9 Å². The summed E-state index contributed by atoms with van der Waals surface area (Å²) in [6, 6.07) is 9.43. The molecule has 0 bridgehead atoms. The number of aromatic amines is 1. The SMILES string of the molecule is Nc1ccc(S(=O)(=O)Nc2cccc3[nH]ncc23)c(Cl)c1. The lowest BCUT2D eigenvalue weighted by Gasteiger charge is -2.10. The zero-order valence-electron chi connectivity index (χ0n) is 10.7. The van der Waals surface area contributed by atoms with Crippen molar-refractivity contribution < 1.29 is 8.42 Å². The number of hydrogen-bond donors (Lipinski definition) is 3. The van der Waals surface area contributed by atoms with Gasteiger partial charge in [0, 0.05) is 11.1 Å². The molecule has 0 unspecified atom stereocenters. The van der Waals surface area contributed by atoms with E-state index in [1.807, 2.05) is 0 Å². The van der Waals surface area contributed by atoms with Crippen molar-refractivity contribution in [3.63, 3.8) is 0 Å². The van der Waals surface area contributed by atoms with Crippen LogP contribution < -0.4 is 10.5 Å². The van der Waals surface area contributed by atoms with Gasteiger partial charge in [0.25, 0.3) is 10.0 Å². The van der Waals surface area contributed by atoms with E-state index in [1.165, 1.54) is 18.2 Å². The Morgan fingerprint density at radius 2 is 2.05 bits per heavy atom. The summed E-state index contributed by atoms with van der Waals surface area (Å²) in [7, 11) is -3.81. The first-order valence-corrected chi connectivity index (χ1v) is 7.83. The van der Waals surface area contributed by atoms with Crippen LogP contribution in [0.25, 0.3) is 10.9 Å². The predicted molar refractivity (Wildman–Crippen MR) is 82.8 cm³/mol. The number of nitrogen functional groups attached to an aromatic ring is 1. The average Bonchev–Trinajstić information content (AvgIpc) is 2.87. The minimum atomic E-state index is -3.81. The topological polar surface area (TPSA) is 101 Å². The van der Waals surface area contributed by atoms with Gasteiger partial charge in [0.05, 0.1) is 22.4 Å². The summed E-state index contributed by atoms with van der Waals surface area (Å²) in [6.45, 7) is 0. The summed E-state index contributed by atoms with van der Waals surface area (Å²) < 4.78 is 27.4. The van der Waals surface area contributed by atoms with Crippen molar-refractivity contribution in [1.29, 1.82) is 0 Å². The second-order valence-electron chi connectivity index (χ2n) is 4.43. The molecule has 1 aromatic heterocycles. The van der Waals surface area contributed by atoms with E-state index in [4.69, 9.17) is 17.3 Å². The lowest BCUT2D eigenvalue weighted by atomic mass is 10.2. The van der Waals surface area contributed by atoms with E-state index in [0.29, 0.717) is 16.8 Å². The summed E-state index contributed by atoms with van der Waals surface area (Å²) in [5, 5.41) is 7.41. The fourth-order valence-corrected chi connectivity index (χ4v) is 3.63. The largest absolute Gasteiger partial charge is 0.399 e. The predicted octanol–water partition coefficient (Wildman–Crippen LogP) is 2.60. The summed E-state index contributed by atoms with van der Waals surface area (Å²) in [5.74, 6) is 0. The molecule has 0 aliphatic carbocycles. The van der Waals surface area contributed by atoms with Gasteiger partial charge in [-0.2, -0.15) is 5.10 Å². The standard InChI is InChI=1S/C13H11ClN4O2S/c14-10-6-8(15)4-5-13(10)21(19,20)18-12-3-1-2-11-9(12)7-16-17-11/h1-7,18H,15H2,(H,16,17). The molecule has 2 aromatic carbocycles. The van der Waals surface area contributed by atoms with Crippen molar-refractivity contribution in [2.75, 3.05) is 10.5 Å². The van der Waals surface area contributed by atoms with Crippen LogP contribution >= 0.6 is 11.6 Å². The van der Waals surface area contributed by atoms with E-state index in [9.17, 15) is 8.42 Å². The van der Waals surface area contributed by atoms with Crippen LogP contribution in [0.2, 0.25) is 5.02 Å². The van der Waals surface area contributed by atoms with Crippen molar-refractivity contribution in [1.82, 2.24) is 10.2 Å². The lowest BCUT2D eigenvalue weighted by Crippen LogP contribution is -2.13. The summed E-state index contributed by atoms with van der Waals surface area (Å²) in [5.41, 5.74) is 7.13. The zero-order valence-corrected chi connectivity index (χ0v) is 12.2. The molecule has 6 nitrogen and oxygen atoms in total. The fraction of sp³-hybridized carbons (Fsp3) is 0. The Morgan fingerprint density at radius 1 is 1.24 bits per heavy atom. The number of nitrogens with one attached hydrogen (secondary N) is 2. The van der Waals surface area contributed by atoms with Crippen molar-refractivity contribution in [2.45, 2.75) is 4.90 Å². The number of halogens is 1. The minimum Gasteiger partial charge on any atom is -0.399 e. The molecule has 0 atom stereocenters. The molecule has 0 aliphatic heterocycles. The summed E-state index contributed by atoms with van der Waals surface area (Å²) in [6.07, 6.45) is 1.55. The third-order valence-electron chi connectivity index (χ3n) is 2.97. The number of aromatic nitrogens is 2. The molecule has 1 heterocycles. The van der Waals surface area contributed by atoms with Crippen LogP contribution in [0.15, 0.2) is 47.5 Å². The molecule has 0 fully saturated rings. The van der Waals surface area contributed by atoms with Crippen LogP contribution in [0.1, 0.15) is 0 Å². The van der Waals surface area contributed by atoms with E-state index in [0.717, 1.165) is 5.52 Å². The van der Waals surface area contributed by atoms with Crippen LogP contribution in [0.3, 0.4) is 0 Å². The molecule has 0 saturated heterocycles. The number of rotatable bonds is 3. The Kier molecular flexibility index (Phi) is 3.23. The number of hydrogen-bond acceptors (Lipinski definition) is 4. The van der Waals surface area contributed by atoms with Gasteiger partial charge in [-0.25, -0.2) is 8.42 Å². The van der Waals surface area contributed by atoms with Crippen molar-refractivity contribution in [3.8, 4) is 0 Å². The number of anilines is 2. The van der Waals surface area contributed by atoms with Gasteiger partial charge in [-0.05, 0) is 30.3 Å². The van der Waals surface area contributed by atoms with Crippen molar-refractivity contribution in [2.24, 2.45) is 0 Å². The highest BCUT2D eigenvalue weighted by molar-refractivity contribution is 7.92. The highest BCUT2D eigenvalue weighted by Crippen LogP contribution is 2.28. The van der Waals surface area contributed by atoms with Crippen molar-refractivity contribution >= 4 is 43.9 Å². The molecular weight excluding hydrogens is 312 g/mol. The van der Waals surface area contributed by atoms with Crippen LogP contribution in [0, 0.1) is 0 Å². The molecule has 0 amide bonds. The molecule has 4 N–H and O–H groups in total. The molecule has 8 heteroatoms. The number of H-pyrrole nitrogens is 1. The highest BCUT2D eigenvalue weighted by Gasteiger charge is 2.19. The molecule has 0 aliphatic rings. The summed E-state index contributed by atoms with van der Waals surface area (Å²) >= 11 is 5.96. The normalized spacial score (nSPS) is 11.7. The number of fused-ring (bicyclic) bond motifs is 1. The van der Waals surface area contributed by atoms with Gasteiger partial charge in [-0.1, -0.05) is 17.7 Å². The number of benzene rings is 2. The van der Waals surface area contributed by atoms with Crippen molar-refractivity contribution in [3.05, 3.63) is 47.6 Å². The fourth-order valence-electron chi connectivity index (χ4n) is 1.99. The Hall–Kier alpha value is -2.25. The van der Waals surface area contributed by atoms with Gasteiger partial charge in [-0.15, -0.1) is 0 Å². The molecule has 108 valence electrons. The monoisotopic (exact) mass is 322 g/mol. The van der Waals surface area contributed by atoms with E-state index in [1.54, 1.807) is 24.4 Å². The Morgan fingerprint density at radius 3 is 2.81 bits per heavy atom. The van der Waals surface area contributed by atoms with E-state index >= 15 is 0 Å². The minimum absolute atomic E-state index is 0.0288. The Labute approximate surface area is 126 Å². The third kappa shape index (κ3) is 2.53. The van der Waals surface area contributed by atoms with Gasteiger partial charge in [-0.3, -0.25) is 9.82 Å². The zero-order chi connectivity index (χ0) is 15.0. The van der Waals surface area contributed by atoms with Gasteiger partial charge in [0.1, 0.15) is 4.90 Å². The smallest absolute Gasteiger partial charge is 0.263 e. The first-order chi connectivity index (χ1) is 9.97. The number of sulfonamides is 1. The Bertz CT molecular complexity index is 921. The van der Waals surface area contributed by atoms with Gasteiger partial charge < -0.3 is 5.73 Å². The number of nitrogens with zero attached hydrogens (tertiary/aromatic N) is 1. The molecule has 0 spiro atoms. The maximum atomic E-state index is 12.4. The molecule has 21 heavy (non-hydrogen) atoms. The van der Waals surface area contributed by atoms with Gasteiger partial charge in [0.2, 0.25) is 0 Å². The van der Waals surface area contributed by atoms with Gasteiger partial charge >= 0.3 is 0 Å². The van der Waals surface area contributed by atoms with Crippen LogP contribution in [0.5, 0.6) is 0 Å². The van der Waals surface area contributed by atoms with Crippen LogP contribution in [0.4, 0.5) is 11.4 Å². The number of nitrogens with two attached hydrogens (primary N) is 1. The van der Waals surface area contributed by atoms with Gasteiger partial charge in [0.15, 0.2) is 0 Å². The van der Waals surface area contributed by atoms with E-state index in [-0.39, 0.29) is 9.92 Å². The summed E-state index contributed by atoms with van der Waals surface area (Å²) in [4.78, 5) is -0.0288. The second-order valence-corrected chi connectivity index (χ2v) is 6.49. The molecule has 3 rings (SSSR count). The second kappa shape index (κ2) is 4.94. The average molecular weight is 323 g/mol. The lowest BCUT2D eigenvalue weighted by molar-refractivity contribution is 0.601. The Balaban J connectivity index is 2.05.